The van der Waals surface area contributed by atoms with E-state index in [1.807, 2.05) is 6.20 Å². The fourth-order valence-electron chi connectivity index (χ4n) is 2.48. The molecule has 3 nitrogen and oxygen atoms in total. The summed E-state index contributed by atoms with van der Waals surface area (Å²) in [6.45, 7) is 2.27. The summed E-state index contributed by atoms with van der Waals surface area (Å²) in [6, 6.07) is 4.84. The van der Waals surface area contributed by atoms with E-state index in [4.69, 9.17) is 0 Å². The van der Waals surface area contributed by atoms with Crippen molar-refractivity contribution in [2.24, 2.45) is 0 Å². The molecular formula is C13H17N3S. The largest absolute Gasteiger partial charge is 0.327 e. The second-order valence-corrected chi connectivity index (χ2v) is 5.42. The average molecular weight is 247 g/mol. The molecule has 1 aliphatic rings. The molecule has 0 saturated carbocycles. The van der Waals surface area contributed by atoms with Crippen molar-refractivity contribution < 1.29 is 0 Å². The third-order valence-corrected chi connectivity index (χ3v) is 4.21. The highest BCUT2D eigenvalue weighted by Crippen LogP contribution is 2.29. The molecule has 0 aliphatic carbocycles. The lowest BCUT2D eigenvalue weighted by atomic mass is 10.1. The van der Waals surface area contributed by atoms with E-state index in [0.29, 0.717) is 6.04 Å². The van der Waals surface area contributed by atoms with Gasteiger partial charge in [-0.3, -0.25) is 0 Å². The van der Waals surface area contributed by atoms with Crippen LogP contribution in [0.15, 0.2) is 29.9 Å². The van der Waals surface area contributed by atoms with Crippen LogP contribution in [-0.4, -0.2) is 22.6 Å². The maximum Gasteiger partial charge on any atom is 0.150 e. The number of nitrogens with one attached hydrogen (secondary N) is 1. The topological polar surface area (TPSA) is 29.9 Å². The Balaban J connectivity index is 1.90. The highest BCUT2D eigenvalue weighted by molar-refractivity contribution is 7.13. The van der Waals surface area contributed by atoms with Gasteiger partial charge in [-0.15, -0.1) is 11.3 Å². The van der Waals surface area contributed by atoms with Gasteiger partial charge in [-0.1, -0.05) is 6.07 Å². The standard InChI is InChI=1S/C13H17N3S/c1-3-11(5-7-14-6-1)16-9-8-15-13(16)12-4-2-10-17-12/h2,4,8-11,14H,1,3,5-7H2. The molecule has 1 saturated heterocycles. The number of thiophene rings is 1. The van der Waals surface area contributed by atoms with Gasteiger partial charge >= 0.3 is 0 Å². The van der Waals surface area contributed by atoms with Crippen LogP contribution in [0.25, 0.3) is 10.7 Å². The third-order valence-electron chi connectivity index (χ3n) is 3.35. The van der Waals surface area contributed by atoms with Crippen molar-refractivity contribution in [1.82, 2.24) is 14.9 Å². The Kier molecular flexibility index (Phi) is 3.25. The summed E-state index contributed by atoms with van der Waals surface area (Å²) in [4.78, 5) is 5.79. The predicted octanol–water partition coefficient (Wildman–Crippen LogP) is 2.93. The molecule has 0 radical (unpaired) electrons. The van der Waals surface area contributed by atoms with Gasteiger partial charge in [0, 0.05) is 18.4 Å². The molecule has 1 aliphatic heterocycles. The Bertz CT molecular complexity index is 453. The van der Waals surface area contributed by atoms with E-state index in [1.54, 1.807) is 11.3 Å². The number of rotatable bonds is 2. The number of hydrogen-bond acceptors (Lipinski definition) is 3. The molecule has 1 unspecified atom stereocenters. The first kappa shape index (κ1) is 11.0. The van der Waals surface area contributed by atoms with Gasteiger partial charge < -0.3 is 9.88 Å². The molecule has 0 bridgehead atoms. The second-order valence-electron chi connectivity index (χ2n) is 4.47. The van der Waals surface area contributed by atoms with Crippen LogP contribution in [0.4, 0.5) is 0 Å². The van der Waals surface area contributed by atoms with Gasteiger partial charge in [-0.05, 0) is 43.8 Å². The van der Waals surface area contributed by atoms with Gasteiger partial charge in [-0.2, -0.15) is 0 Å². The summed E-state index contributed by atoms with van der Waals surface area (Å²) in [5.74, 6) is 1.13. The van der Waals surface area contributed by atoms with E-state index in [2.05, 4.69) is 38.6 Å². The van der Waals surface area contributed by atoms with Gasteiger partial charge in [0.1, 0.15) is 5.82 Å². The predicted molar refractivity (Wildman–Crippen MR) is 71.3 cm³/mol. The SMILES string of the molecule is c1csc(-c2nccn2C2CCCNCC2)c1. The lowest BCUT2D eigenvalue weighted by molar-refractivity contribution is 0.458. The van der Waals surface area contributed by atoms with Gasteiger partial charge in [0.2, 0.25) is 0 Å². The summed E-state index contributed by atoms with van der Waals surface area (Å²) >= 11 is 1.77. The quantitative estimate of drug-likeness (QED) is 0.884. The van der Waals surface area contributed by atoms with Crippen LogP contribution in [0.1, 0.15) is 25.3 Å². The Morgan fingerprint density at radius 1 is 1.35 bits per heavy atom. The van der Waals surface area contributed by atoms with Crippen LogP contribution in [-0.2, 0) is 0 Å². The monoisotopic (exact) mass is 247 g/mol. The van der Waals surface area contributed by atoms with Crippen molar-refractivity contribution in [3.8, 4) is 10.7 Å². The average Bonchev–Trinajstić information content (AvgIpc) is 2.95. The minimum Gasteiger partial charge on any atom is -0.327 e. The number of aromatic nitrogens is 2. The third kappa shape index (κ3) is 2.28. The Morgan fingerprint density at radius 3 is 3.24 bits per heavy atom. The first-order valence-corrected chi connectivity index (χ1v) is 7.10. The number of hydrogen-bond donors (Lipinski definition) is 1. The number of imidazole rings is 1. The van der Waals surface area contributed by atoms with Crippen LogP contribution in [0.3, 0.4) is 0 Å². The van der Waals surface area contributed by atoms with Crippen molar-refractivity contribution in [1.29, 1.82) is 0 Å². The summed E-state index contributed by atoms with van der Waals surface area (Å²) in [5.41, 5.74) is 0. The lowest BCUT2D eigenvalue weighted by Crippen LogP contribution is -2.15. The van der Waals surface area contributed by atoms with E-state index in [0.717, 1.165) is 18.9 Å². The fraction of sp³-hybridized carbons (Fsp3) is 0.462. The molecule has 4 heteroatoms. The van der Waals surface area contributed by atoms with Crippen molar-refractivity contribution in [2.75, 3.05) is 13.1 Å². The first-order chi connectivity index (χ1) is 8.45. The fourth-order valence-corrected chi connectivity index (χ4v) is 3.21. The smallest absolute Gasteiger partial charge is 0.150 e. The normalized spacial score (nSPS) is 21.3. The molecule has 2 aromatic rings. The highest BCUT2D eigenvalue weighted by atomic mass is 32.1. The van der Waals surface area contributed by atoms with E-state index < -0.39 is 0 Å². The molecule has 3 rings (SSSR count). The molecular weight excluding hydrogens is 230 g/mol. The molecule has 0 amide bonds. The number of nitrogens with zero attached hydrogens (tertiary/aromatic N) is 2. The van der Waals surface area contributed by atoms with E-state index in [1.165, 1.54) is 24.1 Å². The summed E-state index contributed by atoms with van der Waals surface area (Å²) in [6.07, 6.45) is 7.77. The van der Waals surface area contributed by atoms with E-state index >= 15 is 0 Å². The zero-order valence-electron chi connectivity index (χ0n) is 9.80. The summed E-state index contributed by atoms with van der Waals surface area (Å²) in [5, 5.41) is 5.58. The van der Waals surface area contributed by atoms with Gasteiger partial charge in [-0.25, -0.2) is 4.98 Å². The Labute approximate surface area is 106 Å². The van der Waals surface area contributed by atoms with Crippen molar-refractivity contribution in [2.45, 2.75) is 25.3 Å². The lowest BCUT2D eigenvalue weighted by Gasteiger charge is -2.17. The molecule has 1 N–H and O–H groups in total. The molecule has 17 heavy (non-hydrogen) atoms. The van der Waals surface area contributed by atoms with Gasteiger partial charge in [0.15, 0.2) is 0 Å². The second kappa shape index (κ2) is 5.02. The van der Waals surface area contributed by atoms with Crippen molar-refractivity contribution >= 4 is 11.3 Å². The van der Waals surface area contributed by atoms with Crippen LogP contribution in [0.2, 0.25) is 0 Å². The molecule has 3 heterocycles. The van der Waals surface area contributed by atoms with Crippen molar-refractivity contribution in [3.63, 3.8) is 0 Å². The van der Waals surface area contributed by atoms with E-state index in [-0.39, 0.29) is 0 Å². The molecule has 1 atom stereocenters. The van der Waals surface area contributed by atoms with Crippen LogP contribution < -0.4 is 5.32 Å². The van der Waals surface area contributed by atoms with Gasteiger partial charge in [0.25, 0.3) is 0 Å². The summed E-state index contributed by atoms with van der Waals surface area (Å²) < 4.78 is 2.36. The molecule has 2 aromatic heterocycles. The maximum atomic E-state index is 4.52. The minimum atomic E-state index is 0.601. The Morgan fingerprint density at radius 2 is 2.35 bits per heavy atom. The van der Waals surface area contributed by atoms with Crippen LogP contribution in [0, 0.1) is 0 Å². The highest BCUT2D eigenvalue weighted by Gasteiger charge is 2.17. The first-order valence-electron chi connectivity index (χ1n) is 6.22. The molecule has 0 aromatic carbocycles. The molecule has 90 valence electrons. The Hall–Kier alpha value is -1.13. The van der Waals surface area contributed by atoms with Crippen LogP contribution in [0.5, 0.6) is 0 Å². The molecule has 1 fully saturated rings. The van der Waals surface area contributed by atoms with Crippen LogP contribution >= 0.6 is 11.3 Å². The summed E-state index contributed by atoms with van der Waals surface area (Å²) in [7, 11) is 0. The zero-order chi connectivity index (χ0) is 11.5. The zero-order valence-corrected chi connectivity index (χ0v) is 10.6. The van der Waals surface area contributed by atoms with Gasteiger partial charge in [0.05, 0.1) is 4.88 Å². The maximum absolute atomic E-state index is 4.52. The minimum absolute atomic E-state index is 0.601. The van der Waals surface area contributed by atoms with E-state index in [9.17, 15) is 0 Å². The van der Waals surface area contributed by atoms with Crippen molar-refractivity contribution in [3.05, 3.63) is 29.9 Å². The molecule has 0 spiro atoms.